The molecule has 0 saturated heterocycles. The molecule has 0 aliphatic carbocycles. The van der Waals surface area contributed by atoms with Crippen LogP contribution in [0.25, 0.3) is 0 Å². The highest BCUT2D eigenvalue weighted by Crippen LogP contribution is 2.32. The molecule has 3 N–H and O–H groups in total. The highest BCUT2D eigenvalue weighted by molar-refractivity contribution is 7.11. The third kappa shape index (κ3) is 3.27. The van der Waals surface area contributed by atoms with Crippen LogP contribution in [0.5, 0.6) is 0 Å². The molecular formula is C13H15Cl2N3S. The number of rotatable bonds is 4. The summed E-state index contributed by atoms with van der Waals surface area (Å²) in [5.74, 6) is 5.67. The number of benzene rings is 1. The maximum atomic E-state index is 6.20. The fourth-order valence-electron chi connectivity index (χ4n) is 2.03. The van der Waals surface area contributed by atoms with Crippen LogP contribution in [0.2, 0.25) is 10.0 Å². The van der Waals surface area contributed by atoms with Gasteiger partial charge in [0.1, 0.15) is 0 Å². The molecule has 0 aliphatic heterocycles. The first-order valence-corrected chi connectivity index (χ1v) is 7.43. The van der Waals surface area contributed by atoms with Gasteiger partial charge >= 0.3 is 0 Å². The molecule has 6 heteroatoms. The average Bonchev–Trinajstić information content (AvgIpc) is 2.68. The zero-order valence-electron chi connectivity index (χ0n) is 10.7. The molecule has 1 aromatic heterocycles. The van der Waals surface area contributed by atoms with Crippen LogP contribution in [0.1, 0.15) is 27.2 Å². The minimum atomic E-state index is -0.0383. The summed E-state index contributed by atoms with van der Waals surface area (Å²) in [7, 11) is 0. The van der Waals surface area contributed by atoms with Crippen LogP contribution in [0.4, 0.5) is 0 Å². The van der Waals surface area contributed by atoms with Gasteiger partial charge in [-0.3, -0.25) is 11.3 Å². The molecule has 0 aliphatic rings. The second-order valence-corrected chi connectivity index (χ2v) is 6.36. The second-order valence-electron chi connectivity index (χ2n) is 4.31. The van der Waals surface area contributed by atoms with E-state index in [4.69, 9.17) is 29.0 Å². The Morgan fingerprint density at radius 3 is 2.42 bits per heavy atom. The Balaban J connectivity index is 2.32. The lowest BCUT2D eigenvalue weighted by molar-refractivity contribution is 0.557. The fourth-order valence-corrected chi connectivity index (χ4v) is 3.57. The summed E-state index contributed by atoms with van der Waals surface area (Å²) in [5.41, 5.74) is 4.72. The topological polar surface area (TPSA) is 50.9 Å². The van der Waals surface area contributed by atoms with Gasteiger partial charge in [-0.1, -0.05) is 29.3 Å². The van der Waals surface area contributed by atoms with Gasteiger partial charge in [-0.05, 0) is 38.0 Å². The van der Waals surface area contributed by atoms with E-state index in [1.165, 1.54) is 0 Å². The number of aryl methyl sites for hydroxylation is 2. The number of nitrogens with one attached hydrogen (secondary N) is 1. The van der Waals surface area contributed by atoms with Crippen molar-refractivity contribution in [2.45, 2.75) is 26.3 Å². The van der Waals surface area contributed by atoms with Gasteiger partial charge < -0.3 is 0 Å². The molecule has 1 aromatic carbocycles. The van der Waals surface area contributed by atoms with Gasteiger partial charge in [-0.15, -0.1) is 11.3 Å². The average molecular weight is 316 g/mol. The first-order valence-electron chi connectivity index (χ1n) is 5.86. The summed E-state index contributed by atoms with van der Waals surface area (Å²) in [6.07, 6.45) is 0.636. The van der Waals surface area contributed by atoms with Crippen LogP contribution in [0.15, 0.2) is 18.2 Å². The van der Waals surface area contributed by atoms with E-state index in [1.807, 2.05) is 32.0 Å². The van der Waals surface area contributed by atoms with E-state index in [0.29, 0.717) is 16.5 Å². The Bertz CT molecular complexity index is 563. The lowest BCUT2D eigenvalue weighted by Crippen LogP contribution is -2.29. The summed E-state index contributed by atoms with van der Waals surface area (Å²) in [6, 6.07) is 5.47. The second kappa shape index (κ2) is 6.20. The molecule has 0 spiro atoms. The summed E-state index contributed by atoms with van der Waals surface area (Å²) in [6.45, 7) is 3.97. The van der Waals surface area contributed by atoms with E-state index in [1.54, 1.807) is 11.3 Å². The number of hydrogen-bond acceptors (Lipinski definition) is 4. The largest absolute Gasteiger partial charge is 0.271 e. The maximum absolute atomic E-state index is 6.20. The summed E-state index contributed by atoms with van der Waals surface area (Å²) in [4.78, 5) is 5.54. The Hall–Kier alpha value is -0.650. The summed E-state index contributed by atoms with van der Waals surface area (Å²) < 4.78 is 0. The third-order valence-electron chi connectivity index (χ3n) is 2.93. The first-order chi connectivity index (χ1) is 9.02. The zero-order chi connectivity index (χ0) is 14.0. The monoisotopic (exact) mass is 315 g/mol. The Morgan fingerprint density at radius 1 is 1.32 bits per heavy atom. The summed E-state index contributed by atoms with van der Waals surface area (Å²) >= 11 is 14.0. The third-order valence-corrected chi connectivity index (χ3v) is 4.82. The predicted molar refractivity (Wildman–Crippen MR) is 81.8 cm³/mol. The van der Waals surface area contributed by atoms with Crippen molar-refractivity contribution in [3.05, 3.63) is 49.4 Å². The molecule has 1 heterocycles. The number of thiazole rings is 1. The molecule has 0 bridgehead atoms. The Morgan fingerprint density at radius 2 is 1.95 bits per heavy atom. The van der Waals surface area contributed by atoms with E-state index in [0.717, 1.165) is 21.1 Å². The van der Waals surface area contributed by atoms with Crippen molar-refractivity contribution in [3.8, 4) is 0 Å². The van der Waals surface area contributed by atoms with Crippen LogP contribution in [0.3, 0.4) is 0 Å². The highest BCUT2D eigenvalue weighted by atomic mass is 35.5. The lowest BCUT2D eigenvalue weighted by Gasteiger charge is -2.16. The van der Waals surface area contributed by atoms with Crippen LogP contribution >= 0.6 is 34.5 Å². The molecule has 102 valence electrons. The van der Waals surface area contributed by atoms with E-state index in [2.05, 4.69) is 10.4 Å². The van der Waals surface area contributed by atoms with Crippen molar-refractivity contribution in [1.29, 1.82) is 0 Å². The van der Waals surface area contributed by atoms with Crippen LogP contribution < -0.4 is 11.3 Å². The number of hydrazine groups is 1. The predicted octanol–water partition coefficient (Wildman–Crippen LogP) is 3.81. The normalized spacial score (nSPS) is 12.7. The number of nitrogens with two attached hydrogens (primary N) is 1. The van der Waals surface area contributed by atoms with E-state index in [-0.39, 0.29) is 6.04 Å². The number of aromatic nitrogens is 1. The molecule has 0 amide bonds. The maximum Gasteiger partial charge on any atom is 0.0900 e. The van der Waals surface area contributed by atoms with E-state index in [9.17, 15) is 0 Å². The van der Waals surface area contributed by atoms with Crippen LogP contribution in [-0.2, 0) is 6.42 Å². The van der Waals surface area contributed by atoms with E-state index >= 15 is 0 Å². The van der Waals surface area contributed by atoms with Gasteiger partial charge in [0.2, 0.25) is 0 Å². The van der Waals surface area contributed by atoms with Gasteiger partial charge in [-0.25, -0.2) is 4.98 Å². The van der Waals surface area contributed by atoms with Gasteiger partial charge in [0, 0.05) is 14.9 Å². The molecule has 0 fully saturated rings. The summed E-state index contributed by atoms with van der Waals surface area (Å²) in [5, 5.41) is 2.34. The number of nitrogens with zero attached hydrogens (tertiary/aromatic N) is 1. The Kier molecular flexibility index (Phi) is 4.81. The molecule has 1 unspecified atom stereocenters. The standard InChI is InChI=1S/C13H15Cl2N3S/c1-7-13(19-8(2)17-7)12(18-16)6-9-10(14)4-3-5-11(9)15/h3-5,12,18H,6,16H2,1-2H3. The van der Waals surface area contributed by atoms with Gasteiger partial charge in [0.25, 0.3) is 0 Å². The van der Waals surface area contributed by atoms with Gasteiger partial charge in [0.05, 0.1) is 16.7 Å². The van der Waals surface area contributed by atoms with Gasteiger partial charge in [0.15, 0.2) is 0 Å². The fraction of sp³-hybridized carbons (Fsp3) is 0.308. The molecule has 19 heavy (non-hydrogen) atoms. The smallest absolute Gasteiger partial charge is 0.0900 e. The quantitative estimate of drug-likeness (QED) is 0.666. The molecule has 2 aromatic rings. The molecule has 0 saturated carbocycles. The lowest BCUT2D eigenvalue weighted by atomic mass is 10.0. The zero-order valence-corrected chi connectivity index (χ0v) is 13.0. The van der Waals surface area contributed by atoms with Crippen molar-refractivity contribution in [2.75, 3.05) is 0 Å². The van der Waals surface area contributed by atoms with Crippen molar-refractivity contribution in [3.63, 3.8) is 0 Å². The van der Waals surface area contributed by atoms with Crippen molar-refractivity contribution >= 4 is 34.5 Å². The van der Waals surface area contributed by atoms with Crippen molar-refractivity contribution in [1.82, 2.24) is 10.4 Å². The molecule has 2 rings (SSSR count). The molecule has 1 atom stereocenters. The molecular weight excluding hydrogens is 301 g/mol. The van der Waals surface area contributed by atoms with Crippen LogP contribution in [-0.4, -0.2) is 4.98 Å². The van der Waals surface area contributed by atoms with Crippen molar-refractivity contribution < 1.29 is 0 Å². The van der Waals surface area contributed by atoms with Gasteiger partial charge in [-0.2, -0.15) is 0 Å². The number of hydrogen-bond donors (Lipinski definition) is 2. The highest BCUT2D eigenvalue weighted by Gasteiger charge is 2.19. The SMILES string of the molecule is Cc1nc(C)c(C(Cc2c(Cl)cccc2Cl)NN)s1. The van der Waals surface area contributed by atoms with Crippen LogP contribution in [0, 0.1) is 13.8 Å². The van der Waals surface area contributed by atoms with Crippen molar-refractivity contribution in [2.24, 2.45) is 5.84 Å². The molecule has 0 radical (unpaired) electrons. The number of halogens is 2. The Labute approximate surface area is 126 Å². The molecule has 3 nitrogen and oxygen atoms in total. The minimum absolute atomic E-state index is 0.0383. The minimum Gasteiger partial charge on any atom is -0.271 e. The first kappa shape index (κ1) is 14.8. The van der Waals surface area contributed by atoms with E-state index < -0.39 is 0 Å².